The molecule has 2 N–H and O–H groups in total. The number of rotatable bonds is 6. The summed E-state index contributed by atoms with van der Waals surface area (Å²) in [4.78, 5) is 0. The van der Waals surface area contributed by atoms with Crippen LogP contribution in [0.5, 0.6) is 0 Å². The summed E-state index contributed by atoms with van der Waals surface area (Å²) >= 11 is -1.29. The van der Waals surface area contributed by atoms with Gasteiger partial charge in [-0.15, -0.1) is 0 Å². The highest BCUT2D eigenvalue weighted by atomic mass is 32.2. The topological polar surface area (TPSA) is 49.1 Å². The predicted molar refractivity (Wildman–Crippen MR) is 75.7 cm³/mol. The van der Waals surface area contributed by atoms with Crippen LogP contribution in [-0.4, -0.2) is 9.30 Å². The first-order chi connectivity index (χ1) is 8.42. The van der Waals surface area contributed by atoms with Crippen molar-refractivity contribution in [3.05, 3.63) is 41.7 Å². The molecule has 0 bridgehead atoms. The fourth-order valence-electron chi connectivity index (χ4n) is 1.54. The van der Waals surface area contributed by atoms with E-state index in [-0.39, 0.29) is 10.6 Å². The molecule has 1 aromatic carbocycles. The van der Waals surface area contributed by atoms with Gasteiger partial charge in [0, 0.05) is 11.4 Å². The van der Waals surface area contributed by atoms with Crippen molar-refractivity contribution in [3.63, 3.8) is 0 Å². The minimum absolute atomic E-state index is 0.223. The summed E-state index contributed by atoms with van der Waals surface area (Å²) in [6.45, 7) is 3.82. The average molecular weight is 269 g/mol. The van der Waals surface area contributed by atoms with Crippen LogP contribution in [0.2, 0.25) is 0 Å². The molecule has 0 radical (unpaired) electrons. The van der Waals surface area contributed by atoms with Crippen LogP contribution in [-0.2, 0) is 11.4 Å². The van der Waals surface area contributed by atoms with E-state index in [0.29, 0.717) is 0 Å². The van der Waals surface area contributed by atoms with E-state index in [1.165, 1.54) is 12.1 Å². The summed E-state index contributed by atoms with van der Waals surface area (Å²) in [5.74, 6) is -0.223. The molecule has 0 saturated carbocycles. The molecule has 0 amide bonds. The Balaban J connectivity index is 2.32. The first-order valence-corrected chi connectivity index (χ1v) is 7.21. The number of hydrogen-bond donors (Lipinski definition) is 1. The van der Waals surface area contributed by atoms with Gasteiger partial charge in [-0.1, -0.05) is 24.3 Å². The average Bonchev–Trinajstić information content (AvgIpc) is 2.31. The molecule has 0 fully saturated rings. The third-order valence-corrected chi connectivity index (χ3v) is 4.17. The van der Waals surface area contributed by atoms with E-state index in [2.05, 4.69) is 0 Å². The van der Waals surface area contributed by atoms with Gasteiger partial charge in [-0.2, -0.15) is 5.14 Å². The van der Waals surface area contributed by atoms with Crippen LogP contribution < -0.4 is 5.14 Å². The highest BCUT2D eigenvalue weighted by Gasteiger charge is 2.28. The SMILES string of the molecule is CC(C)(CCCC=Cc1ccc(F)cc1)[S+](N)[O-]. The summed E-state index contributed by atoms with van der Waals surface area (Å²) < 4.78 is 23.6. The van der Waals surface area contributed by atoms with Crippen molar-refractivity contribution in [1.29, 1.82) is 0 Å². The van der Waals surface area contributed by atoms with Crippen molar-refractivity contribution in [2.75, 3.05) is 0 Å². The Bertz CT molecular complexity index is 387. The number of hydrogen-bond acceptors (Lipinski definition) is 2. The zero-order valence-corrected chi connectivity index (χ0v) is 11.7. The molecule has 1 unspecified atom stereocenters. The van der Waals surface area contributed by atoms with E-state index < -0.39 is 11.4 Å². The fraction of sp³-hybridized carbons (Fsp3) is 0.429. The van der Waals surface area contributed by atoms with Crippen molar-refractivity contribution < 1.29 is 8.94 Å². The second kappa shape index (κ2) is 6.92. The van der Waals surface area contributed by atoms with Crippen LogP contribution in [0.4, 0.5) is 4.39 Å². The summed E-state index contributed by atoms with van der Waals surface area (Å²) in [7, 11) is 0. The quantitative estimate of drug-likeness (QED) is 0.635. The molecule has 18 heavy (non-hydrogen) atoms. The number of benzene rings is 1. The molecule has 1 aromatic rings. The normalized spacial score (nSPS) is 14.1. The fourth-order valence-corrected chi connectivity index (χ4v) is 1.89. The van der Waals surface area contributed by atoms with E-state index in [1.54, 1.807) is 12.1 Å². The molecule has 1 atom stereocenters. The molecule has 1 rings (SSSR count). The smallest absolute Gasteiger partial charge is 0.139 e. The van der Waals surface area contributed by atoms with E-state index in [4.69, 9.17) is 5.14 Å². The van der Waals surface area contributed by atoms with Crippen LogP contribution in [0.15, 0.2) is 30.3 Å². The predicted octanol–water partition coefficient (Wildman–Crippen LogP) is 3.41. The van der Waals surface area contributed by atoms with Gasteiger partial charge in [0.15, 0.2) is 0 Å². The molecule has 4 heteroatoms. The van der Waals surface area contributed by atoms with E-state index >= 15 is 0 Å². The van der Waals surface area contributed by atoms with E-state index in [9.17, 15) is 8.94 Å². The Kier molecular flexibility index (Phi) is 5.85. The van der Waals surface area contributed by atoms with Gasteiger partial charge in [0.25, 0.3) is 0 Å². The van der Waals surface area contributed by atoms with Gasteiger partial charge < -0.3 is 4.55 Å². The maximum atomic E-state index is 12.7. The number of nitrogens with two attached hydrogens (primary N) is 1. The first kappa shape index (κ1) is 15.2. The van der Waals surface area contributed by atoms with Gasteiger partial charge >= 0.3 is 0 Å². The standard InChI is InChI=1S/C14H20FNOS/c1-14(2,18(16)17)11-5-3-4-6-12-7-9-13(15)10-8-12/h4,6-10H,3,5,11,16H2,1-2H3. The van der Waals surface area contributed by atoms with Crippen molar-refractivity contribution >= 4 is 17.4 Å². The minimum atomic E-state index is -1.29. The maximum absolute atomic E-state index is 12.7. The zero-order chi connectivity index (χ0) is 13.6. The lowest BCUT2D eigenvalue weighted by Crippen LogP contribution is -2.37. The highest BCUT2D eigenvalue weighted by Crippen LogP contribution is 2.21. The largest absolute Gasteiger partial charge is 0.598 e. The Morgan fingerprint density at radius 3 is 2.50 bits per heavy atom. The van der Waals surface area contributed by atoms with Crippen molar-refractivity contribution in [3.8, 4) is 0 Å². The van der Waals surface area contributed by atoms with Crippen molar-refractivity contribution in [2.45, 2.75) is 37.9 Å². The van der Waals surface area contributed by atoms with Gasteiger partial charge in [0.1, 0.15) is 10.6 Å². The van der Waals surface area contributed by atoms with Gasteiger partial charge in [0.2, 0.25) is 0 Å². The van der Waals surface area contributed by atoms with Crippen LogP contribution in [0.1, 0.15) is 38.7 Å². The number of halogens is 1. The summed E-state index contributed by atoms with van der Waals surface area (Å²) in [5, 5.41) is 5.41. The molecule has 0 aliphatic rings. The lowest BCUT2D eigenvalue weighted by atomic mass is 10.0. The van der Waals surface area contributed by atoms with Crippen LogP contribution >= 0.6 is 0 Å². The van der Waals surface area contributed by atoms with Gasteiger partial charge in [-0.05, 0) is 50.8 Å². The molecule has 0 aliphatic heterocycles. The summed E-state index contributed by atoms with van der Waals surface area (Å²) in [5.41, 5.74) is 0.984. The Morgan fingerprint density at radius 2 is 1.94 bits per heavy atom. The van der Waals surface area contributed by atoms with Gasteiger partial charge in [-0.3, -0.25) is 0 Å². The highest BCUT2D eigenvalue weighted by molar-refractivity contribution is 7.90. The molecule has 0 aromatic heterocycles. The minimum Gasteiger partial charge on any atom is -0.598 e. The van der Waals surface area contributed by atoms with E-state index in [0.717, 1.165) is 24.8 Å². The maximum Gasteiger partial charge on any atom is 0.139 e. The lowest BCUT2D eigenvalue weighted by molar-refractivity contribution is 0.518. The number of unbranched alkanes of at least 4 members (excludes halogenated alkanes) is 1. The lowest BCUT2D eigenvalue weighted by Gasteiger charge is -2.23. The van der Waals surface area contributed by atoms with Crippen molar-refractivity contribution in [1.82, 2.24) is 0 Å². The third kappa shape index (κ3) is 5.21. The van der Waals surface area contributed by atoms with Crippen molar-refractivity contribution in [2.24, 2.45) is 5.14 Å². The molecule has 2 nitrogen and oxygen atoms in total. The van der Waals surface area contributed by atoms with Crippen LogP contribution in [0, 0.1) is 5.82 Å². The molecule has 0 saturated heterocycles. The molecule has 0 aliphatic carbocycles. The number of allylic oxidation sites excluding steroid dienone is 1. The second-order valence-electron chi connectivity index (χ2n) is 4.90. The van der Waals surface area contributed by atoms with Crippen LogP contribution in [0.25, 0.3) is 6.08 Å². The van der Waals surface area contributed by atoms with Gasteiger partial charge in [0.05, 0.1) is 0 Å². The summed E-state index contributed by atoms with van der Waals surface area (Å²) in [6.07, 6.45) is 6.67. The van der Waals surface area contributed by atoms with Gasteiger partial charge in [-0.25, -0.2) is 4.39 Å². The Labute approximate surface area is 111 Å². The van der Waals surface area contributed by atoms with E-state index in [1.807, 2.05) is 26.0 Å². The van der Waals surface area contributed by atoms with Crippen LogP contribution in [0.3, 0.4) is 0 Å². The Hall–Kier alpha value is -0.840. The molecular weight excluding hydrogens is 249 g/mol. The zero-order valence-electron chi connectivity index (χ0n) is 10.9. The Morgan fingerprint density at radius 1 is 1.33 bits per heavy atom. The molecule has 0 heterocycles. The monoisotopic (exact) mass is 269 g/mol. The molecule has 0 spiro atoms. The molecule has 100 valence electrons. The summed E-state index contributed by atoms with van der Waals surface area (Å²) in [6, 6.07) is 6.37. The second-order valence-corrected chi connectivity index (χ2v) is 6.60. The third-order valence-electron chi connectivity index (χ3n) is 2.87. The molecular formula is C14H20FNOS. The first-order valence-electron chi connectivity index (χ1n) is 6.00.